The van der Waals surface area contributed by atoms with E-state index >= 15 is 0 Å². The van der Waals surface area contributed by atoms with E-state index in [9.17, 15) is 0 Å². The Kier molecular flexibility index (Phi) is 4.42. The molecule has 0 radical (unpaired) electrons. The molecule has 2 aromatic carbocycles. The highest BCUT2D eigenvalue weighted by Crippen LogP contribution is 2.33. The molecule has 0 aliphatic heterocycles. The summed E-state index contributed by atoms with van der Waals surface area (Å²) >= 11 is 7.49. The van der Waals surface area contributed by atoms with Crippen LogP contribution in [0.3, 0.4) is 0 Å². The lowest BCUT2D eigenvalue weighted by molar-refractivity contribution is 0.590. The Labute approximate surface area is 129 Å². The molecule has 0 aromatic heterocycles. The second kappa shape index (κ2) is 5.91. The van der Waals surface area contributed by atoms with E-state index in [1.807, 2.05) is 12.1 Å². The molecule has 0 saturated heterocycles. The fourth-order valence-corrected chi connectivity index (χ4v) is 2.88. The standard InChI is InChI=1S/C17H16ClNS/c1-17(2,3)13-4-7-15(8-5-13)20-16-9-6-14(18)10-12(16)11-19/h4-10H,1-3H3. The summed E-state index contributed by atoms with van der Waals surface area (Å²) in [4.78, 5) is 2.05. The molecule has 0 bridgehead atoms. The molecular formula is C17H16ClNS. The second-order valence-corrected chi connectivity index (χ2v) is 7.18. The third-order valence-corrected chi connectivity index (χ3v) is 4.33. The predicted octanol–water partition coefficient (Wildman–Crippen LogP) is 5.66. The summed E-state index contributed by atoms with van der Waals surface area (Å²) in [5.74, 6) is 0. The van der Waals surface area contributed by atoms with Crippen LogP contribution in [-0.2, 0) is 5.41 Å². The topological polar surface area (TPSA) is 23.8 Å². The van der Waals surface area contributed by atoms with Crippen molar-refractivity contribution in [2.75, 3.05) is 0 Å². The number of halogens is 1. The van der Waals surface area contributed by atoms with E-state index in [2.05, 4.69) is 51.1 Å². The Hall–Kier alpha value is -1.43. The van der Waals surface area contributed by atoms with Gasteiger partial charge < -0.3 is 0 Å². The van der Waals surface area contributed by atoms with Gasteiger partial charge in [-0.25, -0.2) is 0 Å². The number of nitrogens with zero attached hydrogens (tertiary/aromatic N) is 1. The number of benzene rings is 2. The van der Waals surface area contributed by atoms with Crippen LogP contribution in [0, 0.1) is 11.3 Å². The van der Waals surface area contributed by atoms with E-state index in [-0.39, 0.29) is 5.41 Å². The van der Waals surface area contributed by atoms with Gasteiger partial charge >= 0.3 is 0 Å². The maximum absolute atomic E-state index is 9.15. The van der Waals surface area contributed by atoms with Gasteiger partial charge in [0, 0.05) is 14.8 Å². The molecule has 3 heteroatoms. The van der Waals surface area contributed by atoms with Gasteiger partial charge in [-0.2, -0.15) is 5.26 Å². The van der Waals surface area contributed by atoms with Crippen LogP contribution in [0.25, 0.3) is 0 Å². The van der Waals surface area contributed by atoms with E-state index in [0.717, 1.165) is 9.79 Å². The molecule has 0 saturated carbocycles. The quantitative estimate of drug-likeness (QED) is 0.714. The molecule has 0 aliphatic carbocycles. The van der Waals surface area contributed by atoms with Crippen molar-refractivity contribution >= 4 is 23.4 Å². The number of nitriles is 1. The van der Waals surface area contributed by atoms with Crippen molar-refractivity contribution in [1.29, 1.82) is 5.26 Å². The fraction of sp³-hybridized carbons (Fsp3) is 0.235. The molecule has 2 rings (SSSR count). The Morgan fingerprint density at radius 2 is 1.70 bits per heavy atom. The van der Waals surface area contributed by atoms with E-state index < -0.39 is 0 Å². The van der Waals surface area contributed by atoms with Gasteiger partial charge in [0.1, 0.15) is 6.07 Å². The molecule has 102 valence electrons. The molecule has 0 aliphatic rings. The molecule has 0 fully saturated rings. The van der Waals surface area contributed by atoms with Gasteiger partial charge in [0.2, 0.25) is 0 Å². The monoisotopic (exact) mass is 301 g/mol. The highest BCUT2D eigenvalue weighted by molar-refractivity contribution is 7.99. The summed E-state index contributed by atoms with van der Waals surface area (Å²) in [6, 6.07) is 16.1. The first-order chi connectivity index (χ1) is 9.40. The molecule has 0 atom stereocenters. The summed E-state index contributed by atoms with van der Waals surface area (Å²) in [6.45, 7) is 6.59. The third kappa shape index (κ3) is 3.56. The van der Waals surface area contributed by atoms with Gasteiger partial charge in [0.25, 0.3) is 0 Å². The lowest BCUT2D eigenvalue weighted by Crippen LogP contribution is -2.10. The Bertz CT molecular complexity index is 648. The zero-order chi connectivity index (χ0) is 14.8. The summed E-state index contributed by atoms with van der Waals surface area (Å²) in [6.07, 6.45) is 0. The van der Waals surface area contributed by atoms with E-state index in [1.54, 1.807) is 17.8 Å². The molecule has 2 aromatic rings. The fourth-order valence-electron chi connectivity index (χ4n) is 1.83. The lowest BCUT2D eigenvalue weighted by Gasteiger charge is -2.19. The van der Waals surface area contributed by atoms with Crippen LogP contribution in [-0.4, -0.2) is 0 Å². The van der Waals surface area contributed by atoms with Crippen LogP contribution in [0.2, 0.25) is 5.02 Å². The highest BCUT2D eigenvalue weighted by Gasteiger charge is 2.13. The van der Waals surface area contributed by atoms with Crippen LogP contribution in [0.5, 0.6) is 0 Å². The number of rotatable bonds is 2. The number of hydrogen-bond donors (Lipinski definition) is 0. The molecule has 0 heterocycles. The highest BCUT2D eigenvalue weighted by atomic mass is 35.5. The van der Waals surface area contributed by atoms with Crippen molar-refractivity contribution in [3.8, 4) is 6.07 Å². The first kappa shape index (κ1) is 15.0. The van der Waals surface area contributed by atoms with Crippen molar-refractivity contribution in [2.45, 2.75) is 36.0 Å². The average molecular weight is 302 g/mol. The van der Waals surface area contributed by atoms with Crippen molar-refractivity contribution in [3.63, 3.8) is 0 Å². The lowest BCUT2D eigenvalue weighted by atomic mass is 9.87. The molecular weight excluding hydrogens is 286 g/mol. The normalized spacial score (nSPS) is 11.2. The van der Waals surface area contributed by atoms with Gasteiger partial charge in [-0.1, -0.05) is 56.3 Å². The largest absolute Gasteiger partial charge is 0.192 e. The zero-order valence-electron chi connectivity index (χ0n) is 11.8. The van der Waals surface area contributed by atoms with Crippen molar-refractivity contribution in [1.82, 2.24) is 0 Å². The molecule has 0 unspecified atom stereocenters. The summed E-state index contributed by atoms with van der Waals surface area (Å²) in [5.41, 5.74) is 2.07. The van der Waals surface area contributed by atoms with E-state index in [1.165, 1.54) is 5.56 Å². The van der Waals surface area contributed by atoms with E-state index in [4.69, 9.17) is 16.9 Å². The Morgan fingerprint density at radius 1 is 1.05 bits per heavy atom. The zero-order valence-corrected chi connectivity index (χ0v) is 13.3. The molecule has 20 heavy (non-hydrogen) atoms. The molecule has 0 spiro atoms. The first-order valence-corrected chi connectivity index (χ1v) is 7.57. The summed E-state index contributed by atoms with van der Waals surface area (Å²) in [5, 5.41) is 9.74. The predicted molar refractivity (Wildman–Crippen MR) is 85.4 cm³/mol. The minimum Gasteiger partial charge on any atom is -0.192 e. The van der Waals surface area contributed by atoms with Crippen molar-refractivity contribution in [2.24, 2.45) is 0 Å². The minimum absolute atomic E-state index is 0.154. The van der Waals surface area contributed by atoms with E-state index in [0.29, 0.717) is 10.6 Å². The van der Waals surface area contributed by atoms with Crippen molar-refractivity contribution in [3.05, 3.63) is 58.6 Å². The Balaban J connectivity index is 2.25. The molecule has 1 nitrogen and oxygen atoms in total. The van der Waals surface area contributed by atoms with Gasteiger partial charge in [0.05, 0.1) is 5.56 Å². The second-order valence-electron chi connectivity index (χ2n) is 5.63. The SMILES string of the molecule is CC(C)(C)c1ccc(Sc2ccc(Cl)cc2C#N)cc1. The van der Waals surface area contributed by atoms with Gasteiger partial charge in [-0.3, -0.25) is 0 Å². The third-order valence-electron chi connectivity index (χ3n) is 3.01. The summed E-state index contributed by atoms with van der Waals surface area (Å²) < 4.78 is 0. The van der Waals surface area contributed by atoms with Crippen LogP contribution in [0.15, 0.2) is 52.3 Å². The van der Waals surface area contributed by atoms with Crippen LogP contribution in [0.1, 0.15) is 31.9 Å². The minimum atomic E-state index is 0.154. The maximum Gasteiger partial charge on any atom is 0.100 e. The molecule has 0 amide bonds. The average Bonchev–Trinajstić information content (AvgIpc) is 2.40. The van der Waals surface area contributed by atoms with Crippen LogP contribution in [0.4, 0.5) is 0 Å². The Morgan fingerprint density at radius 3 is 2.25 bits per heavy atom. The van der Waals surface area contributed by atoms with Crippen molar-refractivity contribution < 1.29 is 0 Å². The smallest absolute Gasteiger partial charge is 0.100 e. The van der Waals surface area contributed by atoms with Gasteiger partial charge in [0.15, 0.2) is 0 Å². The van der Waals surface area contributed by atoms with Gasteiger partial charge in [-0.05, 0) is 41.3 Å². The maximum atomic E-state index is 9.15. The van der Waals surface area contributed by atoms with Crippen LogP contribution < -0.4 is 0 Å². The summed E-state index contributed by atoms with van der Waals surface area (Å²) in [7, 11) is 0. The van der Waals surface area contributed by atoms with Crippen LogP contribution >= 0.6 is 23.4 Å². The first-order valence-electron chi connectivity index (χ1n) is 6.38. The number of hydrogen-bond acceptors (Lipinski definition) is 2. The molecule has 0 N–H and O–H groups in total. The van der Waals surface area contributed by atoms with Gasteiger partial charge in [-0.15, -0.1) is 0 Å².